The summed E-state index contributed by atoms with van der Waals surface area (Å²) in [6.07, 6.45) is 6.36. The zero-order valence-corrected chi connectivity index (χ0v) is 15.7. The van der Waals surface area contributed by atoms with E-state index in [2.05, 4.69) is 31.7 Å². The molecule has 1 aliphatic rings. The van der Waals surface area contributed by atoms with Gasteiger partial charge in [0.05, 0.1) is 10.3 Å². The fraction of sp³-hybridized carbons (Fsp3) is 0.250. The summed E-state index contributed by atoms with van der Waals surface area (Å²) in [6.45, 7) is 4.92. The van der Waals surface area contributed by atoms with Gasteiger partial charge in [0.1, 0.15) is 17.8 Å². The van der Waals surface area contributed by atoms with Crippen LogP contribution in [0, 0.1) is 10.1 Å². The van der Waals surface area contributed by atoms with Gasteiger partial charge in [0.2, 0.25) is 5.91 Å². The average Bonchev–Trinajstić information content (AvgIpc) is 3.18. The van der Waals surface area contributed by atoms with Gasteiger partial charge < -0.3 is 15.2 Å². The number of carbonyl (C=O) groups is 1. The number of fused-ring (bicyclic) bond motifs is 1. The van der Waals surface area contributed by atoms with Crippen LogP contribution < -0.4 is 10.2 Å². The summed E-state index contributed by atoms with van der Waals surface area (Å²) < 4.78 is 0. The Balaban J connectivity index is 1.73. The van der Waals surface area contributed by atoms with Crippen molar-refractivity contribution in [2.45, 2.75) is 18.9 Å². The number of carbonyl (C=O) groups excluding carboxylic acids is 1. The number of H-pyrrole nitrogens is 1. The second-order valence-corrected chi connectivity index (χ2v) is 6.93. The molecule has 3 aromatic rings. The van der Waals surface area contributed by atoms with Crippen molar-refractivity contribution in [3.8, 4) is 11.1 Å². The highest BCUT2D eigenvalue weighted by Crippen LogP contribution is 2.35. The molecule has 1 atom stereocenters. The molecule has 0 radical (unpaired) electrons. The van der Waals surface area contributed by atoms with Gasteiger partial charge in [0.25, 0.3) is 5.69 Å². The summed E-state index contributed by atoms with van der Waals surface area (Å²) >= 11 is 0. The number of nitrogens with one attached hydrogen (secondary N) is 2. The summed E-state index contributed by atoms with van der Waals surface area (Å²) in [6, 6.07) is 6.50. The number of nitro groups is 1. The number of nitro benzene ring substituents is 1. The largest absolute Gasteiger partial charge is 0.354 e. The Morgan fingerprint density at radius 2 is 2.28 bits per heavy atom. The molecule has 9 heteroatoms. The molecule has 9 nitrogen and oxygen atoms in total. The zero-order valence-electron chi connectivity index (χ0n) is 15.7. The number of aromatic amines is 1. The summed E-state index contributed by atoms with van der Waals surface area (Å²) in [5.74, 6) is 0.555. The van der Waals surface area contributed by atoms with Gasteiger partial charge in [0.15, 0.2) is 0 Å². The minimum Gasteiger partial charge on any atom is -0.354 e. The van der Waals surface area contributed by atoms with Gasteiger partial charge >= 0.3 is 0 Å². The number of anilines is 1. The van der Waals surface area contributed by atoms with E-state index in [1.165, 1.54) is 18.5 Å². The smallest absolute Gasteiger partial charge is 0.270 e. The van der Waals surface area contributed by atoms with Crippen LogP contribution in [0.2, 0.25) is 0 Å². The van der Waals surface area contributed by atoms with Crippen LogP contribution in [0.1, 0.15) is 12.8 Å². The van der Waals surface area contributed by atoms with Crippen molar-refractivity contribution in [3.05, 3.63) is 59.6 Å². The molecule has 2 aromatic heterocycles. The van der Waals surface area contributed by atoms with Crippen molar-refractivity contribution in [2.24, 2.45) is 0 Å². The van der Waals surface area contributed by atoms with Gasteiger partial charge in [-0.25, -0.2) is 9.97 Å². The third-order valence-corrected chi connectivity index (χ3v) is 5.07. The van der Waals surface area contributed by atoms with Crippen molar-refractivity contribution in [3.63, 3.8) is 0 Å². The number of amides is 1. The van der Waals surface area contributed by atoms with Crippen LogP contribution in [-0.2, 0) is 4.79 Å². The molecule has 2 N–H and O–H groups in total. The van der Waals surface area contributed by atoms with Crippen LogP contribution in [0.3, 0.4) is 0 Å². The second kappa shape index (κ2) is 7.70. The standard InChI is InChI=1S/C20H20N6O3/c1-2-17(27)24-14-6-4-8-25(11-14)20-18-16(10-21-19(18)22-12-23-20)13-5-3-7-15(9-13)26(28)29/h2-3,5,7,9-10,12,14H,1,4,6,8,11H2,(H,24,27)(H,21,22,23)/t14-/m1/s1. The lowest BCUT2D eigenvalue weighted by atomic mass is 10.0. The van der Waals surface area contributed by atoms with Gasteiger partial charge in [-0.05, 0) is 24.5 Å². The lowest BCUT2D eigenvalue weighted by Gasteiger charge is -2.34. The molecule has 29 heavy (non-hydrogen) atoms. The van der Waals surface area contributed by atoms with Crippen LogP contribution in [0.4, 0.5) is 11.5 Å². The minimum absolute atomic E-state index is 0.000491. The van der Waals surface area contributed by atoms with Gasteiger partial charge in [-0.1, -0.05) is 18.7 Å². The summed E-state index contributed by atoms with van der Waals surface area (Å²) in [5, 5.41) is 14.9. The molecule has 0 aliphatic carbocycles. The van der Waals surface area contributed by atoms with E-state index in [1.54, 1.807) is 18.3 Å². The number of hydrogen-bond acceptors (Lipinski definition) is 6. The van der Waals surface area contributed by atoms with Gasteiger partial charge in [0, 0.05) is 43.0 Å². The number of aromatic nitrogens is 3. The van der Waals surface area contributed by atoms with Crippen LogP contribution in [0.15, 0.2) is 49.4 Å². The molecule has 0 spiro atoms. The third-order valence-electron chi connectivity index (χ3n) is 5.07. The minimum atomic E-state index is -0.409. The molecule has 4 rings (SSSR count). The molecular formula is C20H20N6O3. The van der Waals surface area contributed by atoms with E-state index in [4.69, 9.17) is 0 Å². The van der Waals surface area contributed by atoms with Gasteiger partial charge in [-0.15, -0.1) is 0 Å². The monoisotopic (exact) mass is 392 g/mol. The second-order valence-electron chi connectivity index (χ2n) is 6.93. The maximum atomic E-state index is 11.7. The summed E-state index contributed by atoms with van der Waals surface area (Å²) in [5.41, 5.74) is 2.21. The normalized spacial score (nSPS) is 16.6. The van der Waals surface area contributed by atoms with E-state index >= 15 is 0 Å². The molecule has 0 bridgehead atoms. The molecule has 1 amide bonds. The maximum absolute atomic E-state index is 11.7. The Labute approximate surface area is 166 Å². The SMILES string of the molecule is C=CC(=O)N[C@@H]1CCCN(c2ncnc3[nH]cc(-c4cccc([N+](=O)[O-])c4)c23)C1. The fourth-order valence-corrected chi connectivity index (χ4v) is 3.75. The molecule has 1 saturated heterocycles. The topological polar surface area (TPSA) is 117 Å². The summed E-state index contributed by atoms with van der Waals surface area (Å²) in [4.78, 5) is 36.5. The predicted molar refractivity (Wildman–Crippen MR) is 110 cm³/mol. The molecule has 3 heterocycles. The lowest BCUT2D eigenvalue weighted by molar-refractivity contribution is -0.384. The fourth-order valence-electron chi connectivity index (χ4n) is 3.75. The Kier molecular flexibility index (Phi) is 4.94. The molecule has 148 valence electrons. The van der Waals surface area contributed by atoms with Crippen molar-refractivity contribution in [2.75, 3.05) is 18.0 Å². The van der Waals surface area contributed by atoms with E-state index in [0.29, 0.717) is 12.2 Å². The Morgan fingerprint density at radius 1 is 1.41 bits per heavy atom. The Morgan fingerprint density at radius 3 is 3.07 bits per heavy atom. The van der Waals surface area contributed by atoms with Crippen LogP contribution in [0.25, 0.3) is 22.2 Å². The van der Waals surface area contributed by atoms with Crippen molar-refractivity contribution in [1.82, 2.24) is 20.3 Å². The van der Waals surface area contributed by atoms with Crippen molar-refractivity contribution < 1.29 is 9.72 Å². The van der Waals surface area contributed by atoms with Gasteiger partial charge in [-0.3, -0.25) is 14.9 Å². The number of hydrogen-bond donors (Lipinski definition) is 2. The first-order chi connectivity index (χ1) is 14.1. The number of non-ortho nitro benzene ring substituents is 1. The maximum Gasteiger partial charge on any atom is 0.270 e. The average molecular weight is 392 g/mol. The highest BCUT2D eigenvalue weighted by molar-refractivity contribution is 6.01. The molecule has 1 aliphatic heterocycles. The summed E-state index contributed by atoms with van der Waals surface area (Å²) in [7, 11) is 0. The van der Waals surface area contributed by atoms with E-state index < -0.39 is 4.92 Å². The predicted octanol–water partition coefficient (Wildman–Crippen LogP) is 2.80. The molecule has 0 unspecified atom stereocenters. The van der Waals surface area contributed by atoms with E-state index in [9.17, 15) is 14.9 Å². The number of benzene rings is 1. The van der Waals surface area contributed by atoms with Crippen molar-refractivity contribution in [1.29, 1.82) is 0 Å². The number of nitrogens with zero attached hydrogens (tertiary/aromatic N) is 4. The molecule has 1 fully saturated rings. The first-order valence-electron chi connectivity index (χ1n) is 9.31. The molecule has 1 aromatic carbocycles. The molecular weight excluding hydrogens is 372 g/mol. The zero-order chi connectivity index (χ0) is 20.4. The first kappa shape index (κ1) is 18.6. The highest BCUT2D eigenvalue weighted by atomic mass is 16.6. The Hall–Kier alpha value is -3.75. The van der Waals surface area contributed by atoms with E-state index in [0.717, 1.165) is 41.7 Å². The van der Waals surface area contributed by atoms with Gasteiger partial charge in [-0.2, -0.15) is 0 Å². The van der Waals surface area contributed by atoms with Crippen LogP contribution in [0.5, 0.6) is 0 Å². The number of rotatable bonds is 5. The van der Waals surface area contributed by atoms with E-state index in [1.807, 2.05) is 6.07 Å². The van der Waals surface area contributed by atoms with Crippen LogP contribution >= 0.6 is 0 Å². The van der Waals surface area contributed by atoms with E-state index in [-0.39, 0.29) is 17.6 Å². The quantitative estimate of drug-likeness (QED) is 0.392. The molecule has 0 saturated carbocycles. The van der Waals surface area contributed by atoms with Crippen LogP contribution in [-0.4, -0.2) is 44.9 Å². The Bertz CT molecular complexity index is 1090. The highest BCUT2D eigenvalue weighted by Gasteiger charge is 2.25. The van der Waals surface area contributed by atoms with Crippen molar-refractivity contribution >= 4 is 28.4 Å². The number of piperidine rings is 1. The lowest BCUT2D eigenvalue weighted by Crippen LogP contribution is -2.47. The first-order valence-corrected chi connectivity index (χ1v) is 9.31. The third kappa shape index (κ3) is 3.66.